The molecule has 32 heavy (non-hydrogen) atoms. The lowest BCUT2D eigenvalue weighted by atomic mass is 9.78. The number of rotatable bonds is 5. The Morgan fingerprint density at radius 1 is 1.06 bits per heavy atom. The average Bonchev–Trinajstić information content (AvgIpc) is 3.21. The predicted molar refractivity (Wildman–Crippen MR) is 124 cm³/mol. The molecule has 2 aromatic heterocycles. The van der Waals surface area contributed by atoms with Gasteiger partial charge in [-0.25, -0.2) is 4.98 Å². The molecule has 0 radical (unpaired) electrons. The summed E-state index contributed by atoms with van der Waals surface area (Å²) in [6.45, 7) is 13.7. The zero-order valence-corrected chi connectivity index (χ0v) is 19.7. The van der Waals surface area contributed by atoms with E-state index in [4.69, 9.17) is 18.8 Å². The van der Waals surface area contributed by atoms with Crippen LogP contribution in [0.15, 0.2) is 42.7 Å². The lowest BCUT2D eigenvalue weighted by Gasteiger charge is -2.32. The Morgan fingerprint density at radius 3 is 2.41 bits per heavy atom. The lowest BCUT2D eigenvalue weighted by molar-refractivity contribution is -0.170. The topological polar surface area (TPSA) is 85.8 Å². The average molecular weight is 438 g/mol. The molecule has 8 heteroatoms. The number of pyridine rings is 1. The van der Waals surface area contributed by atoms with Crippen LogP contribution in [0.1, 0.15) is 60.3 Å². The largest absolute Gasteiger partial charge is 0.494 e. The van der Waals surface area contributed by atoms with Crippen molar-refractivity contribution in [3.8, 4) is 11.5 Å². The van der Waals surface area contributed by atoms with E-state index in [0.29, 0.717) is 17.1 Å². The molecule has 1 unspecified atom stereocenters. The Hall–Kier alpha value is -2.39. The summed E-state index contributed by atoms with van der Waals surface area (Å²) in [5.74, 6) is 0.998. The van der Waals surface area contributed by atoms with E-state index in [9.17, 15) is 5.11 Å². The molecule has 2 N–H and O–H groups in total. The summed E-state index contributed by atoms with van der Waals surface area (Å²) < 4.78 is 24.4. The maximum atomic E-state index is 10.8. The van der Waals surface area contributed by atoms with E-state index in [1.54, 1.807) is 12.3 Å². The second kappa shape index (κ2) is 7.88. The van der Waals surface area contributed by atoms with Crippen LogP contribution in [0.2, 0.25) is 0 Å². The number of ether oxygens (including phenoxy) is 2. The van der Waals surface area contributed by atoms with Crippen LogP contribution in [0.5, 0.6) is 11.5 Å². The maximum absolute atomic E-state index is 10.8. The molecule has 0 amide bonds. The van der Waals surface area contributed by atoms with Crippen LogP contribution in [0, 0.1) is 0 Å². The Labute approximate surface area is 189 Å². The summed E-state index contributed by atoms with van der Waals surface area (Å²) in [7, 11) is -0.553. The highest BCUT2D eigenvalue weighted by Crippen LogP contribution is 2.38. The van der Waals surface area contributed by atoms with Crippen LogP contribution < -0.4 is 10.2 Å². The van der Waals surface area contributed by atoms with Crippen LogP contribution >= 0.6 is 0 Å². The first-order chi connectivity index (χ1) is 14.8. The first-order valence-corrected chi connectivity index (χ1v) is 10.8. The SMILES string of the molecule is CC(C)(C)OC(O)c1ccc(B2OC(C)(C)C(C)(C)O2)cc1Oc1cnc2[nH]ccc2c1. The van der Waals surface area contributed by atoms with Gasteiger partial charge in [-0.05, 0) is 72.1 Å². The first-order valence-electron chi connectivity index (χ1n) is 10.8. The molecule has 1 aliphatic rings. The van der Waals surface area contributed by atoms with Crippen molar-refractivity contribution in [1.29, 1.82) is 0 Å². The minimum absolute atomic E-state index is 0.450. The van der Waals surface area contributed by atoms with Gasteiger partial charge >= 0.3 is 7.12 Å². The number of nitrogens with zero attached hydrogens (tertiary/aromatic N) is 1. The van der Waals surface area contributed by atoms with Gasteiger partial charge in [0.25, 0.3) is 0 Å². The number of aromatic amines is 1. The van der Waals surface area contributed by atoms with Crippen LogP contribution in [0.3, 0.4) is 0 Å². The highest BCUT2D eigenvalue weighted by atomic mass is 16.7. The van der Waals surface area contributed by atoms with Crippen molar-refractivity contribution >= 4 is 23.6 Å². The molecular weight excluding hydrogens is 407 g/mol. The van der Waals surface area contributed by atoms with Crippen molar-refractivity contribution in [1.82, 2.24) is 9.97 Å². The van der Waals surface area contributed by atoms with Crippen LogP contribution in [-0.4, -0.2) is 39.0 Å². The molecule has 3 aromatic rings. The van der Waals surface area contributed by atoms with E-state index in [2.05, 4.69) is 9.97 Å². The monoisotopic (exact) mass is 438 g/mol. The van der Waals surface area contributed by atoms with E-state index in [0.717, 1.165) is 16.5 Å². The number of hydrogen-bond acceptors (Lipinski definition) is 6. The van der Waals surface area contributed by atoms with Crippen molar-refractivity contribution < 1.29 is 23.9 Å². The molecule has 0 bridgehead atoms. The van der Waals surface area contributed by atoms with Gasteiger partial charge in [-0.1, -0.05) is 12.1 Å². The van der Waals surface area contributed by atoms with Crippen molar-refractivity contribution in [2.45, 2.75) is 71.6 Å². The van der Waals surface area contributed by atoms with Gasteiger partial charge < -0.3 is 28.9 Å². The fraction of sp³-hybridized carbons (Fsp3) is 0.458. The molecule has 0 saturated carbocycles. The third-order valence-electron chi connectivity index (χ3n) is 5.90. The number of fused-ring (bicyclic) bond motifs is 1. The lowest BCUT2D eigenvalue weighted by Crippen LogP contribution is -2.41. The maximum Gasteiger partial charge on any atom is 0.494 e. The molecule has 1 aromatic carbocycles. The van der Waals surface area contributed by atoms with Crippen LogP contribution in [-0.2, 0) is 14.0 Å². The van der Waals surface area contributed by atoms with Crippen molar-refractivity contribution in [3.05, 3.63) is 48.3 Å². The first kappa shape index (κ1) is 22.8. The fourth-order valence-corrected chi connectivity index (χ4v) is 3.47. The highest BCUT2D eigenvalue weighted by molar-refractivity contribution is 6.62. The smallest absolute Gasteiger partial charge is 0.455 e. The number of aliphatic hydroxyl groups excluding tert-OH is 1. The van der Waals surface area contributed by atoms with Crippen molar-refractivity contribution in [2.24, 2.45) is 0 Å². The van der Waals surface area contributed by atoms with Gasteiger partial charge in [0.05, 0.1) is 28.6 Å². The Bertz CT molecular complexity index is 1100. The van der Waals surface area contributed by atoms with E-state index in [1.165, 1.54) is 0 Å². The van der Waals surface area contributed by atoms with Gasteiger partial charge in [-0.2, -0.15) is 0 Å². The van der Waals surface area contributed by atoms with E-state index >= 15 is 0 Å². The van der Waals surface area contributed by atoms with Crippen LogP contribution in [0.4, 0.5) is 0 Å². The summed E-state index contributed by atoms with van der Waals surface area (Å²) in [5, 5.41) is 11.7. The molecular formula is C24H31BN2O5. The Balaban J connectivity index is 1.70. The van der Waals surface area contributed by atoms with Crippen molar-refractivity contribution in [2.75, 3.05) is 0 Å². The highest BCUT2D eigenvalue weighted by Gasteiger charge is 2.51. The Morgan fingerprint density at radius 2 is 1.75 bits per heavy atom. The quantitative estimate of drug-likeness (QED) is 0.452. The van der Waals surface area contributed by atoms with Gasteiger partial charge in [0.15, 0.2) is 6.29 Å². The molecule has 7 nitrogen and oxygen atoms in total. The second-order valence-electron chi connectivity index (χ2n) is 10.2. The number of H-pyrrole nitrogens is 1. The number of aliphatic hydroxyl groups is 1. The number of aromatic nitrogens is 2. The summed E-state index contributed by atoms with van der Waals surface area (Å²) in [4.78, 5) is 7.45. The van der Waals surface area contributed by atoms with Gasteiger partial charge in [-0.3, -0.25) is 0 Å². The van der Waals surface area contributed by atoms with E-state index in [1.807, 2.05) is 78.9 Å². The Kier molecular flexibility index (Phi) is 5.62. The summed E-state index contributed by atoms with van der Waals surface area (Å²) >= 11 is 0. The molecule has 3 heterocycles. The fourth-order valence-electron chi connectivity index (χ4n) is 3.47. The van der Waals surface area contributed by atoms with Gasteiger partial charge in [0.1, 0.15) is 17.1 Å². The zero-order chi connectivity index (χ0) is 23.3. The van der Waals surface area contributed by atoms with Crippen LogP contribution in [0.25, 0.3) is 11.0 Å². The normalized spacial score (nSPS) is 18.8. The molecule has 4 rings (SSSR count). The number of benzene rings is 1. The molecule has 0 aliphatic carbocycles. The summed E-state index contributed by atoms with van der Waals surface area (Å²) in [5.41, 5.74) is 0.618. The van der Waals surface area contributed by atoms with Gasteiger partial charge in [0, 0.05) is 11.6 Å². The van der Waals surface area contributed by atoms with E-state index < -0.39 is 30.2 Å². The summed E-state index contributed by atoms with van der Waals surface area (Å²) in [6.07, 6.45) is 2.30. The molecule has 170 valence electrons. The van der Waals surface area contributed by atoms with Crippen molar-refractivity contribution in [3.63, 3.8) is 0 Å². The zero-order valence-electron chi connectivity index (χ0n) is 19.7. The molecule has 0 spiro atoms. The standard InChI is InChI=1S/C24H31BN2O5/c1-22(2,3)30-21(28)18-9-8-16(25-31-23(4,5)24(6,7)32-25)13-19(18)29-17-12-15-10-11-26-20(15)27-14-17/h8-14,21,28H,1-7H3,(H,26,27). The third-order valence-corrected chi connectivity index (χ3v) is 5.90. The summed E-state index contributed by atoms with van der Waals surface area (Å²) in [6, 6.07) is 9.30. The molecule has 1 aliphatic heterocycles. The number of nitrogens with one attached hydrogen (secondary N) is 1. The van der Waals surface area contributed by atoms with Gasteiger partial charge in [0.2, 0.25) is 0 Å². The van der Waals surface area contributed by atoms with Gasteiger partial charge in [-0.15, -0.1) is 0 Å². The molecule has 1 atom stereocenters. The predicted octanol–water partition coefficient (Wildman–Crippen LogP) is 4.46. The minimum Gasteiger partial charge on any atom is -0.455 e. The molecule has 1 saturated heterocycles. The minimum atomic E-state index is -1.17. The second-order valence-corrected chi connectivity index (χ2v) is 10.2. The number of hydrogen-bond donors (Lipinski definition) is 2. The molecule has 1 fully saturated rings. The van der Waals surface area contributed by atoms with E-state index in [-0.39, 0.29) is 0 Å². The third kappa shape index (κ3) is 4.54.